The van der Waals surface area contributed by atoms with Crippen molar-refractivity contribution >= 4 is 45.2 Å². The molecule has 0 aliphatic heterocycles. The third-order valence-corrected chi connectivity index (χ3v) is 2.77. The largest absolute Gasteiger partial charge is 0.495 e. The fourth-order valence-electron chi connectivity index (χ4n) is 0.724. The van der Waals surface area contributed by atoms with E-state index in [4.69, 9.17) is 4.74 Å². The zero-order chi connectivity index (χ0) is 8.43. The van der Waals surface area contributed by atoms with E-state index < -0.39 is 0 Å². The number of hydrogen-bond donors (Lipinski definition) is 0. The van der Waals surface area contributed by atoms with Gasteiger partial charge in [0.25, 0.3) is 0 Å². The molecule has 0 N–H and O–H groups in total. The number of hydrogen-bond acceptors (Lipinski definition) is 1. The summed E-state index contributed by atoms with van der Waals surface area (Å²) in [4.78, 5) is 0. The lowest BCUT2D eigenvalue weighted by Gasteiger charge is -2.04. The van der Waals surface area contributed by atoms with Crippen LogP contribution in [0.15, 0.2) is 12.1 Å². The van der Waals surface area contributed by atoms with Crippen molar-refractivity contribution in [1.82, 2.24) is 0 Å². The van der Waals surface area contributed by atoms with Gasteiger partial charge >= 0.3 is 0 Å². The Morgan fingerprint density at radius 2 is 1.73 bits per heavy atom. The summed E-state index contributed by atoms with van der Waals surface area (Å²) in [6.45, 7) is 0. The van der Waals surface area contributed by atoms with E-state index in [1.54, 1.807) is 7.11 Å². The zero-order valence-electron chi connectivity index (χ0n) is 5.70. The highest BCUT2D eigenvalue weighted by molar-refractivity contribution is 14.1. The lowest BCUT2D eigenvalue weighted by Crippen LogP contribution is -1.91. The second-order valence-electron chi connectivity index (χ2n) is 1.90. The molecule has 1 aromatic carbocycles. The number of rotatable bonds is 1. The second-order valence-corrected chi connectivity index (χ2v) is 4.23. The van der Waals surface area contributed by atoms with E-state index in [0.717, 1.165) is 12.9 Å². The maximum absolute atomic E-state index is 12.7. The van der Waals surface area contributed by atoms with Gasteiger partial charge in [-0.25, -0.2) is 4.39 Å². The Hall–Kier alpha value is 0.410. The van der Waals surface area contributed by atoms with Crippen molar-refractivity contribution in [2.45, 2.75) is 0 Å². The van der Waals surface area contributed by atoms with Crippen molar-refractivity contribution in [3.05, 3.63) is 25.1 Å². The normalized spacial score (nSPS) is 9.82. The van der Waals surface area contributed by atoms with Gasteiger partial charge in [0, 0.05) is 0 Å². The standard InChI is InChI=1S/C7H5FI2O/c1-11-7-5(9)2-4(8)3-6(7)10/h2-3H,1H3. The van der Waals surface area contributed by atoms with Gasteiger partial charge in [-0.3, -0.25) is 0 Å². The van der Waals surface area contributed by atoms with Crippen LogP contribution in [0.5, 0.6) is 5.75 Å². The highest BCUT2D eigenvalue weighted by atomic mass is 127. The minimum atomic E-state index is -0.223. The number of benzene rings is 1. The number of halogens is 3. The van der Waals surface area contributed by atoms with Crippen LogP contribution in [0.4, 0.5) is 4.39 Å². The first-order valence-corrected chi connectivity index (χ1v) is 4.99. The van der Waals surface area contributed by atoms with E-state index in [-0.39, 0.29) is 5.82 Å². The maximum atomic E-state index is 12.7. The van der Waals surface area contributed by atoms with Crippen molar-refractivity contribution in [1.29, 1.82) is 0 Å². The minimum Gasteiger partial charge on any atom is -0.495 e. The Kier molecular flexibility index (Phi) is 3.35. The molecule has 0 atom stereocenters. The smallest absolute Gasteiger partial charge is 0.145 e. The Morgan fingerprint density at radius 1 is 1.27 bits per heavy atom. The fraction of sp³-hybridized carbons (Fsp3) is 0.143. The van der Waals surface area contributed by atoms with Gasteiger partial charge in [-0.05, 0) is 57.3 Å². The van der Waals surface area contributed by atoms with Gasteiger partial charge < -0.3 is 4.74 Å². The molecule has 0 spiro atoms. The van der Waals surface area contributed by atoms with Crippen LogP contribution in [0.3, 0.4) is 0 Å². The molecule has 0 aliphatic rings. The van der Waals surface area contributed by atoms with Crippen molar-refractivity contribution in [3.63, 3.8) is 0 Å². The summed E-state index contributed by atoms with van der Waals surface area (Å²) in [5, 5.41) is 0. The second kappa shape index (κ2) is 3.88. The molecular formula is C7H5FI2O. The number of methoxy groups -OCH3 is 1. The van der Waals surface area contributed by atoms with Crippen molar-refractivity contribution in [2.75, 3.05) is 7.11 Å². The summed E-state index contributed by atoms with van der Waals surface area (Å²) in [6, 6.07) is 2.89. The summed E-state index contributed by atoms with van der Waals surface area (Å²) in [7, 11) is 1.58. The quantitative estimate of drug-likeness (QED) is 0.683. The average Bonchev–Trinajstić information content (AvgIpc) is 1.85. The molecule has 0 amide bonds. The molecule has 1 rings (SSSR count). The summed E-state index contributed by atoms with van der Waals surface area (Å²) < 4.78 is 19.3. The van der Waals surface area contributed by atoms with Crippen molar-refractivity contribution in [2.24, 2.45) is 0 Å². The molecule has 0 unspecified atom stereocenters. The van der Waals surface area contributed by atoms with E-state index in [0.29, 0.717) is 0 Å². The van der Waals surface area contributed by atoms with E-state index in [1.807, 2.05) is 45.2 Å². The first kappa shape index (κ1) is 9.50. The molecule has 0 fully saturated rings. The molecule has 60 valence electrons. The summed E-state index contributed by atoms with van der Waals surface area (Å²) >= 11 is 4.08. The summed E-state index contributed by atoms with van der Waals surface area (Å²) in [5.41, 5.74) is 0. The predicted octanol–water partition coefficient (Wildman–Crippen LogP) is 3.04. The summed E-state index contributed by atoms with van der Waals surface area (Å²) in [6.07, 6.45) is 0. The van der Waals surface area contributed by atoms with Gasteiger partial charge in [-0.1, -0.05) is 0 Å². The van der Waals surface area contributed by atoms with Gasteiger partial charge in [0.05, 0.1) is 14.3 Å². The van der Waals surface area contributed by atoms with E-state index in [1.165, 1.54) is 12.1 Å². The van der Waals surface area contributed by atoms with Gasteiger partial charge in [0.1, 0.15) is 11.6 Å². The third kappa shape index (κ3) is 2.17. The van der Waals surface area contributed by atoms with Crippen LogP contribution in [-0.2, 0) is 0 Å². The fourth-order valence-corrected chi connectivity index (χ4v) is 2.86. The molecule has 0 aromatic heterocycles. The Balaban J connectivity index is 3.25. The Bertz CT molecular complexity index is 252. The minimum absolute atomic E-state index is 0.223. The molecule has 0 radical (unpaired) electrons. The third-order valence-electron chi connectivity index (χ3n) is 1.17. The zero-order valence-corrected chi connectivity index (χ0v) is 10.0. The molecule has 0 saturated heterocycles. The van der Waals surface area contributed by atoms with Crippen molar-refractivity contribution in [3.8, 4) is 5.75 Å². The highest BCUT2D eigenvalue weighted by Crippen LogP contribution is 2.27. The lowest BCUT2D eigenvalue weighted by molar-refractivity contribution is 0.407. The van der Waals surface area contributed by atoms with Crippen LogP contribution in [0, 0.1) is 13.0 Å². The van der Waals surface area contributed by atoms with Crippen molar-refractivity contribution < 1.29 is 9.13 Å². The summed E-state index contributed by atoms with van der Waals surface area (Å²) in [5.74, 6) is 0.521. The van der Waals surface area contributed by atoms with Crippen LogP contribution in [0.1, 0.15) is 0 Å². The predicted molar refractivity (Wildman–Crippen MR) is 58.4 cm³/mol. The van der Waals surface area contributed by atoms with E-state index >= 15 is 0 Å². The maximum Gasteiger partial charge on any atom is 0.145 e. The topological polar surface area (TPSA) is 9.23 Å². The molecule has 1 nitrogen and oxygen atoms in total. The number of ether oxygens (including phenoxy) is 1. The monoisotopic (exact) mass is 378 g/mol. The molecule has 4 heteroatoms. The first-order valence-electron chi connectivity index (χ1n) is 2.83. The molecule has 0 bridgehead atoms. The lowest BCUT2D eigenvalue weighted by atomic mass is 10.3. The van der Waals surface area contributed by atoms with E-state index in [9.17, 15) is 4.39 Å². The Labute approximate surface area is 91.6 Å². The van der Waals surface area contributed by atoms with E-state index in [2.05, 4.69) is 0 Å². The molecule has 0 heterocycles. The van der Waals surface area contributed by atoms with Crippen LogP contribution in [0.2, 0.25) is 0 Å². The molecule has 0 saturated carbocycles. The van der Waals surface area contributed by atoms with Crippen LogP contribution >= 0.6 is 45.2 Å². The molecule has 11 heavy (non-hydrogen) atoms. The average molecular weight is 378 g/mol. The molecule has 1 aromatic rings. The molecule has 0 aliphatic carbocycles. The Morgan fingerprint density at radius 3 is 2.09 bits per heavy atom. The van der Waals surface area contributed by atoms with Crippen LogP contribution < -0.4 is 4.74 Å². The molecular weight excluding hydrogens is 373 g/mol. The van der Waals surface area contributed by atoms with Gasteiger partial charge in [0.15, 0.2) is 0 Å². The van der Waals surface area contributed by atoms with Crippen LogP contribution in [-0.4, -0.2) is 7.11 Å². The SMILES string of the molecule is COc1c(I)cc(F)cc1I. The van der Waals surface area contributed by atoms with Gasteiger partial charge in [-0.15, -0.1) is 0 Å². The van der Waals surface area contributed by atoms with Crippen LogP contribution in [0.25, 0.3) is 0 Å². The first-order chi connectivity index (χ1) is 5.15. The van der Waals surface area contributed by atoms with Gasteiger partial charge in [0.2, 0.25) is 0 Å². The van der Waals surface area contributed by atoms with Gasteiger partial charge in [-0.2, -0.15) is 0 Å². The highest BCUT2D eigenvalue weighted by Gasteiger charge is 2.06.